The number of halogens is 1. The predicted molar refractivity (Wildman–Crippen MR) is 131 cm³/mol. The van der Waals surface area contributed by atoms with Crippen LogP contribution >= 0.6 is 24.0 Å². The van der Waals surface area contributed by atoms with Crippen LogP contribution in [0.3, 0.4) is 0 Å². The fraction of sp³-hybridized carbons (Fsp3) is 0.550. The van der Waals surface area contributed by atoms with Crippen molar-refractivity contribution in [1.29, 1.82) is 0 Å². The summed E-state index contributed by atoms with van der Waals surface area (Å²) in [6.07, 6.45) is 5.59. The van der Waals surface area contributed by atoms with Crippen molar-refractivity contribution in [2.24, 2.45) is 4.99 Å². The first kappa shape index (κ1) is 25.9. The third-order valence-corrected chi connectivity index (χ3v) is 5.39. The predicted octanol–water partition coefficient (Wildman–Crippen LogP) is 1.57. The van der Waals surface area contributed by atoms with E-state index in [1.54, 1.807) is 7.05 Å². The Morgan fingerprint density at radius 1 is 1.17 bits per heavy atom. The van der Waals surface area contributed by atoms with Gasteiger partial charge in [-0.05, 0) is 5.56 Å². The van der Waals surface area contributed by atoms with Crippen LogP contribution in [0.15, 0.2) is 41.4 Å². The van der Waals surface area contributed by atoms with Gasteiger partial charge in [0.2, 0.25) is 0 Å². The van der Waals surface area contributed by atoms with Crippen LogP contribution in [0.25, 0.3) is 6.08 Å². The largest absolute Gasteiger partial charge is 0.379 e. The molecule has 0 spiro atoms. The third-order valence-electron chi connectivity index (χ3n) is 4.49. The number of guanidine groups is 1. The minimum Gasteiger partial charge on any atom is -0.379 e. The molecule has 29 heavy (non-hydrogen) atoms. The van der Waals surface area contributed by atoms with Gasteiger partial charge in [-0.3, -0.25) is 9.89 Å². The molecule has 1 heterocycles. The van der Waals surface area contributed by atoms with Gasteiger partial charge in [-0.15, -0.1) is 24.0 Å². The summed E-state index contributed by atoms with van der Waals surface area (Å²) in [6, 6.07) is 10.3. The van der Waals surface area contributed by atoms with Gasteiger partial charge in [0, 0.05) is 52.6 Å². The first-order valence-corrected chi connectivity index (χ1v) is 11.7. The standard InChI is InChI=1S/C20H32N4O3S.HI/c1-21-20(22-10-16-27-17-18-28(2,25)26)24-14-12-23(13-15-24)11-6-9-19-7-4-3-5-8-19;/h3-9H,10-18H2,1-2H3,(H,21,22);1H/b9-6+;. The number of nitrogens with one attached hydrogen (secondary N) is 1. The molecule has 164 valence electrons. The van der Waals surface area contributed by atoms with Crippen LogP contribution in [0.1, 0.15) is 5.56 Å². The maximum Gasteiger partial charge on any atom is 0.193 e. The van der Waals surface area contributed by atoms with Crippen LogP contribution in [-0.2, 0) is 14.6 Å². The van der Waals surface area contributed by atoms with E-state index in [1.807, 2.05) is 18.2 Å². The molecular weight excluding hydrogens is 503 g/mol. The van der Waals surface area contributed by atoms with Gasteiger partial charge in [-0.25, -0.2) is 8.42 Å². The van der Waals surface area contributed by atoms with Gasteiger partial charge in [0.1, 0.15) is 9.84 Å². The van der Waals surface area contributed by atoms with Crippen molar-refractivity contribution in [2.75, 3.05) is 71.5 Å². The lowest BCUT2D eigenvalue weighted by atomic mass is 10.2. The Labute approximate surface area is 192 Å². The normalized spacial score (nSPS) is 16.1. The van der Waals surface area contributed by atoms with Crippen molar-refractivity contribution < 1.29 is 13.2 Å². The number of nitrogens with zero attached hydrogens (tertiary/aromatic N) is 3. The van der Waals surface area contributed by atoms with Gasteiger partial charge >= 0.3 is 0 Å². The van der Waals surface area contributed by atoms with Crippen LogP contribution < -0.4 is 5.32 Å². The molecule has 1 aromatic rings. The first-order valence-electron chi connectivity index (χ1n) is 9.63. The maximum absolute atomic E-state index is 11.1. The Balaban J connectivity index is 0.00000420. The second kappa shape index (κ2) is 13.9. The number of hydrogen-bond acceptors (Lipinski definition) is 5. The molecule has 0 aromatic heterocycles. The summed E-state index contributed by atoms with van der Waals surface area (Å²) in [6.45, 7) is 6.07. The Kier molecular flexibility index (Phi) is 12.4. The summed E-state index contributed by atoms with van der Waals surface area (Å²) in [5, 5.41) is 3.29. The smallest absolute Gasteiger partial charge is 0.193 e. The highest BCUT2D eigenvalue weighted by Crippen LogP contribution is 2.05. The van der Waals surface area contributed by atoms with E-state index in [4.69, 9.17) is 4.74 Å². The molecule has 0 aliphatic carbocycles. The minimum absolute atomic E-state index is 0. The third kappa shape index (κ3) is 11.0. The average molecular weight is 536 g/mol. The van der Waals surface area contributed by atoms with Crippen LogP contribution in [0, 0.1) is 0 Å². The van der Waals surface area contributed by atoms with E-state index in [1.165, 1.54) is 11.8 Å². The lowest BCUT2D eigenvalue weighted by molar-refractivity contribution is 0.151. The van der Waals surface area contributed by atoms with E-state index in [0.717, 1.165) is 38.7 Å². The molecule has 2 rings (SSSR count). The first-order chi connectivity index (χ1) is 13.5. The Morgan fingerprint density at radius 2 is 1.86 bits per heavy atom. The topological polar surface area (TPSA) is 74.2 Å². The summed E-state index contributed by atoms with van der Waals surface area (Å²) in [4.78, 5) is 9.02. The molecule has 9 heteroatoms. The van der Waals surface area contributed by atoms with Gasteiger partial charge in [0.25, 0.3) is 0 Å². The lowest BCUT2D eigenvalue weighted by Gasteiger charge is -2.36. The number of piperazine rings is 1. The quantitative estimate of drug-likeness (QED) is 0.224. The summed E-state index contributed by atoms with van der Waals surface area (Å²) in [5.74, 6) is 0.925. The maximum atomic E-state index is 11.1. The summed E-state index contributed by atoms with van der Waals surface area (Å²) in [7, 11) is -1.18. The van der Waals surface area contributed by atoms with Crippen molar-refractivity contribution in [3.8, 4) is 0 Å². The molecule has 1 aromatic carbocycles. The molecule has 1 N–H and O–H groups in total. The molecule has 7 nitrogen and oxygen atoms in total. The number of hydrogen-bond donors (Lipinski definition) is 1. The minimum atomic E-state index is -2.96. The Bertz CT molecular complexity index is 733. The Morgan fingerprint density at radius 3 is 2.48 bits per heavy atom. The second-order valence-electron chi connectivity index (χ2n) is 6.82. The van der Waals surface area contributed by atoms with Crippen molar-refractivity contribution in [3.63, 3.8) is 0 Å². The molecule has 0 unspecified atom stereocenters. The Hall–Kier alpha value is -1.17. The molecule has 0 saturated carbocycles. The van der Waals surface area contributed by atoms with Crippen molar-refractivity contribution in [3.05, 3.63) is 42.0 Å². The SMILES string of the molecule is CN=C(NCCOCCS(C)(=O)=O)N1CCN(C/C=C/c2ccccc2)CC1.I. The van der Waals surface area contributed by atoms with Gasteiger partial charge in [-0.2, -0.15) is 0 Å². The van der Waals surface area contributed by atoms with E-state index in [-0.39, 0.29) is 36.3 Å². The molecule has 1 saturated heterocycles. The van der Waals surface area contributed by atoms with E-state index in [0.29, 0.717) is 13.2 Å². The highest BCUT2D eigenvalue weighted by Gasteiger charge is 2.18. The summed E-state index contributed by atoms with van der Waals surface area (Å²) in [5.41, 5.74) is 1.23. The molecule has 0 bridgehead atoms. The fourth-order valence-corrected chi connectivity index (χ4v) is 3.34. The van der Waals surface area contributed by atoms with Crippen LogP contribution in [-0.4, -0.2) is 95.7 Å². The van der Waals surface area contributed by atoms with Crippen molar-refractivity contribution in [1.82, 2.24) is 15.1 Å². The number of benzene rings is 1. The molecule has 1 aliphatic heterocycles. The lowest BCUT2D eigenvalue weighted by Crippen LogP contribution is -2.52. The highest BCUT2D eigenvalue weighted by atomic mass is 127. The van der Waals surface area contributed by atoms with E-state index < -0.39 is 9.84 Å². The summed E-state index contributed by atoms with van der Waals surface area (Å²) < 4.78 is 27.5. The number of aliphatic imine (C=N–C) groups is 1. The number of ether oxygens (including phenoxy) is 1. The van der Waals surface area contributed by atoms with Crippen molar-refractivity contribution >= 4 is 45.8 Å². The molecule has 1 aliphatic rings. The van der Waals surface area contributed by atoms with Crippen LogP contribution in [0.5, 0.6) is 0 Å². The number of sulfone groups is 1. The molecule has 1 fully saturated rings. The van der Waals surface area contributed by atoms with Gasteiger partial charge in [0.05, 0.1) is 19.0 Å². The van der Waals surface area contributed by atoms with Gasteiger partial charge in [-0.1, -0.05) is 42.5 Å². The van der Waals surface area contributed by atoms with E-state index in [2.05, 4.69) is 44.4 Å². The van der Waals surface area contributed by atoms with Gasteiger partial charge in [0.15, 0.2) is 5.96 Å². The van der Waals surface area contributed by atoms with E-state index in [9.17, 15) is 8.42 Å². The zero-order valence-electron chi connectivity index (χ0n) is 17.3. The molecular formula is C20H33IN4O3S. The highest BCUT2D eigenvalue weighted by molar-refractivity contribution is 14.0. The van der Waals surface area contributed by atoms with Crippen LogP contribution in [0.4, 0.5) is 0 Å². The fourth-order valence-electron chi connectivity index (χ4n) is 2.92. The van der Waals surface area contributed by atoms with Crippen molar-refractivity contribution in [2.45, 2.75) is 0 Å². The molecule has 0 amide bonds. The number of rotatable bonds is 9. The van der Waals surface area contributed by atoms with Crippen LogP contribution in [0.2, 0.25) is 0 Å². The van der Waals surface area contributed by atoms with E-state index >= 15 is 0 Å². The molecule has 0 radical (unpaired) electrons. The van der Waals surface area contributed by atoms with Gasteiger partial charge < -0.3 is 15.0 Å². The zero-order valence-corrected chi connectivity index (χ0v) is 20.4. The monoisotopic (exact) mass is 536 g/mol. The second-order valence-corrected chi connectivity index (χ2v) is 9.08. The molecule has 0 atom stereocenters. The summed E-state index contributed by atoms with van der Waals surface area (Å²) >= 11 is 0. The average Bonchev–Trinajstić information content (AvgIpc) is 2.68. The zero-order chi connectivity index (χ0) is 20.2.